The fraction of sp³-hybridized carbons (Fsp3) is 0.438. The van der Waals surface area contributed by atoms with Crippen LogP contribution in [-0.2, 0) is 11.2 Å². The minimum atomic E-state index is 0.00742. The predicted molar refractivity (Wildman–Crippen MR) is 78.6 cm³/mol. The lowest BCUT2D eigenvalue weighted by Gasteiger charge is -2.23. The van der Waals surface area contributed by atoms with Crippen LogP contribution < -0.4 is 0 Å². The highest BCUT2D eigenvalue weighted by atomic mass is 16.3. The van der Waals surface area contributed by atoms with Gasteiger partial charge in [0.1, 0.15) is 0 Å². The summed E-state index contributed by atoms with van der Waals surface area (Å²) in [5.74, 6) is 0.120. The van der Waals surface area contributed by atoms with E-state index in [0.29, 0.717) is 6.42 Å². The monoisotopic (exact) mass is 272 g/mol. The molecule has 0 bridgehead atoms. The fourth-order valence-corrected chi connectivity index (χ4v) is 3.17. The normalized spacial score (nSPS) is 18.9. The lowest BCUT2D eigenvalue weighted by atomic mass is 10.1. The minimum absolute atomic E-state index is 0.00742. The number of likely N-dealkylation sites (tertiary alicyclic amines) is 1. The number of nitrogens with one attached hydrogen (secondary N) is 1. The molecule has 1 aromatic heterocycles. The highest BCUT2D eigenvalue weighted by Gasteiger charge is 2.28. The molecule has 0 radical (unpaired) electrons. The second-order valence-electron chi connectivity index (χ2n) is 5.52. The Labute approximate surface area is 118 Å². The SMILES string of the molecule is Cc1[nH]c2ccccc2c1CC(=O)N1CCC[C@H]1CO. The molecular formula is C16H20N2O2. The van der Waals surface area contributed by atoms with Crippen molar-refractivity contribution in [3.8, 4) is 0 Å². The number of aliphatic hydroxyl groups is 1. The third-order valence-corrected chi connectivity index (χ3v) is 4.26. The van der Waals surface area contributed by atoms with Crippen molar-refractivity contribution in [1.82, 2.24) is 9.88 Å². The third kappa shape index (κ3) is 2.20. The van der Waals surface area contributed by atoms with E-state index < -0.39 is 0 Å². The molecule has 2 N–H and O–H groups in total. The molecule has 4 heteroatoms. The van der Waals surface area contributed by atoms with Gasteiger partial charge in [-0.05, 0) is 31.4 Å². The molecule has 0 aliphatic carbocycles. The summed E-state index contributed by atoms with van der Waals surface area (Å²) in [5, 5.41) is 10.5. The number of amides is 1. The second-order valence-corrected chi connectivity index (χ2v) is 5.52. The van der Waals surface area contributed by atoms with Crippen LogP contribution in [0.25, 0.3) is 10.9 Å². The number of H-pyrrole nitrogens is 1. The smallest absolute Gasteiger partial charge is 0.227 e. The van der Waals surface area contributed by atoms with E-state index in [1.165, 1.54) is 0 Å². The Morgan fingerprint density at radius 2 is 2.25 bits per heavy atom. The van der Waals surface area contributed by atoms with Gasteiger partial charge >= 0.3 is 0 Å². The zero-order chi connectivity index (χ0) is 14.1. The highest BCUT2D eigenvalue weighted by Crippen LogP contribution is 2.24. The van der Waals surface area contributed by atoms with Crippen molar-refractivity contribution in [2.24, 2.45) is 0 Å². The first kappa shape index (κ1) is 13.2. The number of hydrogen-bond donors (Lipinski definition) is 2. The molecule has 1 saturated heterocycles. The first-order valence-electron chi connectivity index (χ1n) is 7.17. The fourth-order valence-electron chi connectivity index (χ4n) is 3.17. The topological polar surface area (TPSA) is 56.3 Å². The van der Waals surface area contributed by atoms with E-state index in [-0.39, 0.29) is 18.6 Å². The van der Waals surface area contributed by atoms with E-state index in [9.17, 15) is 9.90 Å². The van der Waals surface area contributed by atoms with Crippen molar-refractivity contribution in [2.75, 3.05) is 13.2 Å². The summed E-state index contributed by atoms with van der Waals surface area (Å²) in [5.41, 5.74) is 3.21. The average molecular weight is 272 g/mol. The number of aryl methyl sites for hydroxylation is 1. The van der Waals surface area contributed by atoms with Crippen LogP contribution in [0, 0.1) is 6.92 Å². The number of aromatic amines is 1. The minimum Gasteiger partial charge on any atom is -0.394 e. The molecule has 1 atom stereocenters. The van der Waals surface area contributed by atoms with Crippen molar-refractivity contribution in [1.29, 1.82) is 0 Å². The number of aliphatic hydroxyl groups excluding tert-OH is 1. The van der Waals surface area contributed by atoms with E-state index in [0.717, 1.165) is 41.5 Å². The molecule has 20 heavy (non-hydrogen) atoms. The summed E-state index contributed by atoms with van der Waals surface area (Å²) in [6.45, 7) is 2.85. The second kappa shape index (κ2) is 5.29. The van der Waals surface area contributed by atoms with Crippen LogP contribution in [0.1, 0.15) is 24.1 Å². The van der Waals surface area contributed by atoms with Crippen LogP contribution in [0.3, 0.4) is 0 Å². The molecular weight excluding hydrogens is 252 g/mol. The van der Waals surface area contributed by atoms with E-state index in [4.69, 9.17) is 0 Å². The molecule has 2 heterocycles. The van der Waals surface area contributed by atoms with Crippen LogP contribution in [0.2, 0.25) is 0 Å². The van der Waals surface area contributed by atoms with Crippen LogP contribution >= 0.6 is 0 Å². The lowest BCUT2D eigenvalue weighted by Crippen LogP contribution is -2.38. The van der Waals surface area contributed by atoms with Gasteiger partial charge < -0.3 is 15.0 Å². The molecule has 106 valence electrons. The van der Waals surface area contributed by atoms with Crippen molar-refractivity contribution in [3.63, 3.8) is 0 Å². The molecule has 1 aliphatic rings. The van der Waals surface area contributed by atoms with E-state index in [2.05, 4.69) is 11.1 Å². The zero-order valence-corrected chi connectivity index (χ0v) is 11.7. The maximum absolute atomic E-state index is 12.5. The number of carbonyl (C=O) groups excluding carboxylic acids is 1. The van der Waals surface area contributed by atoms with Gasteiger partial charge in [0.2, 0.25) is 5.91 Å². The van der Waals surface area contributed by atoms with Crippen LogP contribution in [-0.4, -0.2) is 40.1 Å². The maximum Gasteiger partial charge on any atom is 0.227 e. The van der Waals surface area contributed by atoms with Gasteiger partial charge in [-0.3, -0.25) is 4.79 Å². The number of hydrogen-bond acceptors (Lipinski definition) is 2. The van der Waals surface area contributed by atoms with Gasteiger partial charge in [-0.25, -0.2) is 0 Å². The Kier molecular flexibility index (Phi) is 3.49. The number of nitrogens with zero attached hydrogens (tertiary/aromatic N) is 1. The summed E-state index contributed by atoms with van der Waals surface area (Å²) in [6, 6.07) is 8.08. The molecule has 0 saturated carbocycles. The third-order valence-electron chi connectivity index (χ3n) is 4.26. The highest BCUT2D eigenvalue weighted by molar-refractivity contribution is 5.90. The summed E-state index contributed by atoms with van der Waals surface area (Å²) < 4.78 is 0. The van der Waals surface area contributed by atoms with Gasteiger partial charge in [0, 0.05) is 23.1 Å². The van der Waals surface area contributed by atoms with Crippen LogP contribution in [0.5, 0.6) is 0 Å². The average Bonchev–Trinajstić information content (AvgIpc) is 3.04. The standard InChI is InChI=1S/C16H20N2O2/c1-11-14(13-6-2-3-7-15(13)17-11)9-16(20)18-8-4-5-12(18)10-19/h2-3,6-7,12,17,19H,4-5,8-10H2,1H3/t12-/m0/s1. The van der Waals surface area contributed by atoms with Crippen molar-refractivity contribution in [2.45, 2.75) is 32.2 Å². The van der Waals surface area contributed by atoms with E-state index in [1.54, 1.807) is 0 Å². The summed E-state index contributed by atoms with van der Waals surface area (Å²) in [6.07, 6.45) is 2.31. The lowest BCUT2D eigenvalue weighted by molar-refractivity contribution is -0.131. The van der Waals surface area contributed by atoms with Crippen LogP contribution in [0.15, 0.2) is 24.3 Å². The van der Waals surface area contributed by atoms with Gasteiger partial charge in [0.05, 0.1) is 19.1 Å². The van der Waals surface area contributed by atoms with Crippen molar-refractivity contribution in [3.05, 3.63) is 35.5 Å². The molecule has 4 nitrogen and oxygen atoms in total. The number of benzene rings is 1. The Bertz CT molecular complexity index is 632. The molecule has 1 amide bonds. The number of carbonyl (C=O) groups is 1. The molecule has 1 fully saturated rings. The number of aromatic nitrogens is 1. The number of para-hydroxylation sites is 1. The van der Waals surface area contributed by atoms with Gasteiger partial charge in [-0.1, -0.05) is 18.2 Å². The first-order chi connectivity index (χ1) is 9.70. The number of rotatable bonds is 3. The Morgan fingerprint density at radius 3 is 3.05 bits per heavy atom. The van der Waals surface area contributed by atoms with Crippen molar-refractivity contribution >= 4 is 16.8 Å². The van der Waals surface area contributed by atoms with E-state index in [1.807, 2.05) is 30.0 Å². The predicted octanol–water partition coefficient (Wildman–Crippen LogP) is 2.00. The van der Waals surface area contributed by atoms with E-state index >= 15 is 0 Å². The quantitative estimate of drug-likeness (QED) is 0.898. The van der Waals surface area contributed by atoms with Gasteiger partial charge in [-0.15, -0.1) is 0 Å². The first-order valence-corrected chi connectivity index (χ1v) is 7.17. The molecule has 2 aromatic rings. The zero-order valence-electron chi connectivity index (χ0n) is 11.7. The van der Waals surface area contributed by atoms with Gasteiger partial charge in [0.25, 0.3) is 0 Å². The summed E-state index contributed by atoms with van der Waals surface area (Å²) >= 11 is 0. The number of fused-ring (bicyclic) bond motifs is 1. The van der Waals surface area contributed by atoms with Crippen LogP contribution in [0.4, 0.5) is 0 Å². The largest absolute Gasteiger partial charge is 0.394 e. The van der Waals surface area contributed by atoms with Crippen molar-refractivity contribution < 1.29 is 9.90 Å². The summed E-state index contributed by atoms with van der Waals surface area (Å²) in [7, 11) is 0. The molecule has 3 rings (SSSR count). The Morgan fingerprint density at radius 1 is 1.45 bits per heavy atom. The Balaban J connectivity index is 1.86. The molecule has 1 aliphatic heterocycles. The molecule has 0 unspecified atom stereocenters. The molecule has 1 aromatic carbocycles. The van der Waals surface area contributed by atoms with Gasteiger partial charge in [0.15, 0.2) is 0 Å². The molecule has 0 spiro atoms. The maximum atomic E-state index is 12.5. The Hall–Kier alpha value is -1.81. The summed E-state index contributed by atoms with van der Waals surface area (Å²) in [4.78, 5) is 17.6. The van der Waals surface area contributed by atoms with Gasteiger partial charge in [-0.2, -0.15) is 0 Å².